The topological polar surface area (TPSA) is 79.6 Å². The smallest absolute Gasteiger partial charge is 0.286 e. The summed E-state index contributed by atoms with van der Waals surface area (Å²) in [6, 6.07) is 5.90. The van der Waals surface area contributed by atoms with Crippen molar-refractivity contribution in [2.24, 2.45) is 0 Å². The van der Waals surface area contributed by atoms with Crippen LogP contribution in [0.4, 0.5) is 24.0 Å². The van der Waals surface area contributed by atoms with E-state index in [1.165, 1.54) is 29.0 Å². The normalized spacial score (nSPS) is 16.1. The Morgan fingerprint density at radius 2 is 1.92 bits per heavy atom. The Balaban J connectivity index is 1.62. The standard InChI is InChI=1S/C14H11F3N4O3S2/c15-14(16,17)11-8-25-13(18-11)20-6-5-19(7-12(20)22)26-10-3-1-9(2-4-10)21(23)24/h1-4,8H,5-7H2. The summed E-state index contributed by atoms with van der Waals surface area (Å²) in [7, 11) is 0. The molecular formula is C14H11F3N4O3S2. The molecule has 0 unspecified atom stereocenters. The number of thiazole rings is 1. The van der Waals surface area contributed by atoms with Gasteiger partial charge in [0.15, 0.2) is 10.8 Å². The first-order valence-corrected chi connectivity index (χ1v) is 8.90. The quantitative estimate of drug-likeness (QED) is 0.441. The van der Waals surface area contributed by atoms with Crippen LogP contribution < -0.4 is 4.90 Å². The molecule has 0 aliphatic carbocycles. The predicted octanol–water partition coefficient (Wildman–Crippen LogP) is 3.43. The van der Waals surface area contributed by atoms with E-state index in [-0.39, 0.29) is 29.8 Å². The number of hydrogen-bond donors (Lipinski definition) is 0. The average Bonchev–Trinajstić information content (AvgIpc) is 3.05. The highest BCUT2D eigenvalue weighted by atomic mass is 32.2. The van der Waals surface area contributed by atoms with Crippen LogP contribution in [0.15, 0.2) is 34.5 Å². The third kappa shape index (κ3) is 4.14. The van der Waals surface area contributed by atoms with Crippen molar-refractivity contribution in [1.82, 2.24) is 9.29 Å². The number of nitrogens with zero attached hydrogens (tertiary/aromatic N) is 4. The van der Waals surface area contributed by atoms with E-state index < -0.39 is 16.8 Å². The molecular weight excluding hydrogens is 393 g/mol. The molecule has 1 aliphatic rings. The van der Waals surface area contributed by atoms with Crippen molar-refractivity contribution in [2.45, 2.75) is 11.1 Å². The summed E-state index contributed by atoms with van der Waals surface area (Å²) in [5, 5.41) is 11.6. The summed E-state index contributed by atoms with van der Waals surface area (Å²) in [6.45, 7) is 0.639. The molecule has 0 spiro atoms. The molecule has 138 valence electrons. The Labute approximate surface area is 153 Å². The zero-order valence-electron chi connectivity index (χ0n) is 13.0. The SMILES string of the molecule is O=C1CN(Sc2ccc([N+](=O)[O-])cc2)CCN1c1nc(C(F)(F)F)cs1. The van der Waals surface area contributed by atoms with Gasteiger partial charge in [-0.05, 0) is 24.1 Å². The van der Waals surface area contributed by atoms with Gasteiger partial charge in [-0.1, -0.05) is 0 Å². The van der Waals surface area contributed by atoms with E-state index in [0.717, 1.165) is 21.6 Å². The van der Waals surface area contributed by atoms with Crippen molar-refractivity contribution >= 4 is 40.0 Å². The second kappa shape index (κ2) is 7.21. The number of aromatic nitrogens is 1. The van der Waals surface area contributed by atoms with E-state index in [1.807, 2.05) is 0 Å². The third-order valence-electron chi connectivity index (χ3n) is 3.48. The van der Waals surface area contributed by atoms with Gasteiger partial charge in [0.25, 0.3) is 5.69 Å². The van der Waals surface area contributed by atoms with Gasteiger partial charge in [-0.25, -0.2) is 9.29 Å². The molecule has 1 aromatic heterocycles. The van der Waals surface area contributed by atoms with Gasteiger partial charge >= 0.3 is 6.18 Å². The van der Waals surface area contributed by atoms with E-state index in [2.05, 4.69) is 4.98 Å². The molecule has 0 bridgehead atoms. The number of halogens is 3. The van der Waals surface area contributed by atoms with E-state index in [0.29, 0.717) is 6.54 Å². The van der Waals surface area contributed by atoms with Gasteiger partial charge in [0, 0.05) is 35.5 Å². The molecule has 3 rings (SSSR count). The first kappa shape index (κ1) is 18.6. The fourth-order valence-electron chi connectivity index (χ4n) is 2.23. The van der Waals surface area contributed by atoms with Crippen LogP contribution in [0, 0.1) is 10.1 Å². The Morgan fingerprint density at radius 1 is 1.23 bits per heavy atom. The third-order valence-corrected chi connectivity index (χ3v) is 5.40. The first-order valence-electron chi connectivity index (χ1n) is 7.24. The van der Waals surface area contributed by atoms with Gasteiger partial charge in [-0.3, -0.25) is 19.8 Å². The molecule has 0 saturated carbocycles. The van der Waals surface area contributed by atoms with Crippen molar-refractivity contribution in [3.8, 4) is 0 Å². The van der Waals surface area contributed by atoms with Gasteiger partial charge in [0.05, 0.1) is 11.5 Å². The number of anilines is 1. The monoisotopic (exact) mass is 404 g/mol. The van der Waals surface area contributed by atoms with E-state index in [1.54, 1.807) is 16.4 Å². The summed E-state index contributed by atoms with van der Waals surface area (Å²) in [5.41, 5.74) is -1.03. The van der Waals surface area contributed by atoms with Gasteiger partial charge in [-0.15, -0.1) is 11.3 Å². The average molecular weight is 404 g/mol. The van der Waals surface area contributed by atoms with Crippen LogP contribution in [0.1, 0.15) is 5.69 Å². The van der Waals surface area contributed by atoms with Gasteiger partial charge in [-0.2, -0.15) is 13.2 Å². The van der Waals surface area contributed by atoms with Crippen LogP contribution in [0.25, 0.3) is 0 Å². The molecule has 0 N–H and O–H groups in total. The fraction of sp³-hybridized carbons (Fsp3) is 0.286. The molecule has 1 amide bonds. The lowest BCUT2D eigenvalue weighted by molar-refractivity contribution is -0.384. The minimum Gasteiger partial charge on any atom is -0.286 e. The Bertz CT molecular complexity index is 826. The van der Waals surface area contributed by atoms with E-state index in [9.17, 15) is 28.1 Å². The molecule has 0 radical (unpaired) electrons. The largest absolute Gasteiger partial charge is 0.434 e. The number of non-ortho nitro benzene ring substituents is 1. The first-order chi connectivity index (χ1) is 12.2. The number of carbonyl (C=O) groups excluding carboxylic acids is 1. The van der Waals surface area contributed by atoms with Crippen LogP contribution in [0.3, 0.4) is 0 Å². The number of benzene rings is 1. The molecule has 12 heteroatoms. The Hall–Kier alpha value is -2.18. The van der Waals surface area contributed by atoms with Crippen LogP contribution in [-0.4, -0.2) is 39.8 Å². The maximum absolute atomic E-state index is 12.6. The zero-order chi connectivity index (χ0) is 18.9. The Kier molecular flexibility index (Phi) is 5.16. The lowest BCUT2D eigenvalue weighted by Crippen LogP contribution is -2.48. The van der Waals surface area contributed by atoms with Crippen LogP contribution in [0.2, 0.25) is 0 Å². The summed E-state index contributed by atoms with van der Waals surface area (Å²) >= 11 is 2.04. The molecule has 1 saturated heterocycles. The van der Waals surface area contributed by atoms with Crippen molar-refractivity contribution in [3.63, 3.8) is 0 Å². The fourth-order valence-corrected chi connectivity index (χ4v) is 4.01. The van der Waals surface area contributed by atoms with Crippen LogP contribution in [0.5, 0.6) is 0 Å². The molecule has 2 aromatic rings. The summed E-state index contributed by atoms with van der Waals surface area (Å²) in [6.07, 6.45) is -4.54. The summed E-state index contributed by atoms with van der Waals surface area (Å²) in [4.78, 5) is 27.9. The minimum absolute atomic E-state index is 0.00256. The zero-order valence-corrected chi connectivity index (χ0v) is 14.6. The van der Waals surface area contributed by atoms with Crippen molar-refractivity contribution in [3.05, 3.63) is 45.5 Å². The number of amides is 1. The molecule has 1 aliphatic heterocycles. The molecule has 2 heterocycles. The lowest BCUT2D eigenvalue weighted by Gasteiger charge is -2.31. The number of alkyl halides is 3. The van der Waals surface area contributed by atoms with Crippen LogP contribution >= 0.6 is 23.3 Å². The van der Waals surface area contributed by atoms with Crippen molar-refractivity contribution < 1.29 is 22.9 Å². The minimum atomic E-state index is -4.54. The number of carbonyl (C=O) groups is 1. The highest BCUT2D eigenvalue weighted by molar-refractivity contribution is 7.97. The number of nitro benzene ring substituents is 1. The number of nitro groups is 1. The molecule has 1 fully saturated rings. The molecule has 7 nitrogen and oxygen atoms in total. The van der Waals surface area contributed by atoms with E-state index >= 15 is 0 Å². The second-order valence-corrected chi connectivity index (χ2v) is 7.27. The molecule has 1 aromatic carbocycles. The van der Waals surface area contributed by atoms with Gasteiger partial charge in [0.2, 0.25) is 5.91 Å². The van der Waals surface area contributed by atoms with Crippen LogP contribution in [-0.2, 0) is 11.0 Å². The summed E-state index contributed by atoms with van der Waals surface area (Å²) < 4.78 is 39.7. The molecule has 0 atom stereocenters. The van der Waals surface area contributed by atoms with Gasteiger partial charge in [0.1, 0.15) is 0 Å². The highest BCUT2D eigenvalue weighted by Crippen LogP contribution is 2.34. The number of hydrogen-bond acceptors (Lipinski definition) is 7. The maximum Gasteiger partial charge on any atom is 0.434 e. The maximum atomic E-state index is 12.6. The highest BCUT2D eigenvalue weighted by Gasteiger charge is 2.35. The number of rotatable bonds is 4. The number of piperazine rings is 1. The molecule has 26 heavy (non-hydrogen) atoms. The van der Waals surface area contributed by atoms with Crippen molar-refractivity contribution in [1.29, 1.82) is 0 Å². The lowest BCUT2D eigenvalue weighted by atomic mass is 10.3. The predicted molar refractivity (Wildman–Crippen MR) is 90.0 cm³/mol. The Morgan fingerprint density at radius 3 is 2.46 bits per heavy atom. The van der Waals surface area contributed by atoms with Crippen molar-refractivity contribution in [2.75, 3.05) is 24.5 Å². The summed E-state index contributed by atoms with van der Waals surface area (Å²) in [5.74, 6) is -0.353. The second-order valence-electron chi connectivity index (χ2n) is 5.26. The van der Waals surface area contributed by atoms with E-state index in [4.69, 9.17) is 0 Å². The van der Waals surface area contributed by atoms with Gasteiger partial charge < -0.3 is 0 Å².